The van der Waals surface area contributed by atoms with Crippen molar-refractivity contribution in [3.63, 3.8) is 0 Å². The van der Waals surface area contributed by atoms with Crippen molar-refractivity contribution in [2.75, 3.05) is 29.9 Å². The van der Waals surface area contributed by atoms with Gasteiger partial charge in [-0.2, -0.15) is 5.10 Å². The Bertz CT molecular complexity index is 1340. The zero-order valence-corrected chi connectivity index (χ0v) is 28.6. The van der Waals surface area contributed by atoms with Crippen molar-refractivity contribution in [3.05, 3.63) is 33.9 Å². The molecule has 1 fully saturated rings. The van der Waals surface area contributed by atoms with Gasteiger partial charge in [0.05, 0.1) is 29.7 Å². The number of pyridine rings is 1. The summed E-state index contributed by atoms with van der Waals surface area (Å²) in [4.78, 5) is 30.8. The Kier molecular flexibility index (Phi) is 9.79. The molecule has 0 radical (unpaired) electrons. The number of ether oxygens (including phenoxy) is 2. The normalized spacial score (nSPS) is 18.2. The van der Waals surface area contributed by atoms with Crippen molar-refractivity contribution in [2.45, 2.75) is 91.3 Å². The molecule has 0 aromatic carbocycles. The van der Waals surface area contributed by atoms with Crippen LogP contribution in [0.15, 0.2) is 24.5 Å². The molecule has 1 amide bonds. The van der Waals surface area contributed by atoms with Crippen molar-refractivity contribution in [3.8, 4) is 0 Å². The SMILES string of the molecule is C[C@@H]1CN(c2cccc(CNc3ncnc4c3c(I)nn4COCC[Si](C)(C)C)n2)C[C@H](C)N1C(=O)OC(C)(C)C. The molecule has 4 rings (SSSR count). The van der Waals surface area contributed by atoms with Gasteiger partial charge in [-0.05, 0) is 75.4 Å². The molecule has 0 unspecified atom stereocenters. The highest BCUT2D eigenvalue weighted by atomic mass is 127. The Balaban J connectivity index is 1.41. The van der Waals surface area contributed by atoms with Crippen LogP contribution < -0.4 is 10.2 Å². The van der Waals surface area contributed by atoms with Gasteiger partial charge in [0, 0.05) is 27.8 Å². The molecule has 4 heterocycles. The number of nitrogens with zero attached hydrogens (tertiary/aromatic N) is 7. The van der Waals surface area contributed by atoms with Gasteiger partial charge in [-0.3, -0.25) is 4.90 Å². The van der Waals surface area contributed by atoms with E-state index in [2.05, 4.69) is 81.4 Å². The number of halogens is 1. The van der Waals surface area contributed by atoms with E-state index >= 15 is 0 Å². The summed E-state index contributed by atoms with van der Waals surface area (Å²) in [6, 6.07) is 7.12. The van der Waals surface area contributed by atoms with Crippen molar-refractivity contribution in [2.24, 2.45) is 0 Å². The molecule has 41 heavy (non-hydrogen) atoms. The van der Waals surface area contributed by atoms with Gasteiger partial charge in [0.1, 0.15) is 34.0 Å². The van der Waals surface area contributed by atoms with Crippen LogP contribution in [0.1, 0.15) is 40.3 Å². The largest absolute Gasteiger partial charge is 0.444 e. The van der Waals surface area contributed by atoms with E-state index in [1.165, 1.54) is 0 Å². The van der Waals surface area contributed by atoms with Crippen molar-refractivity contribution < 1.29 is 14.3 Å². The van der Waals surface area contributed by atoms with Crippen LogP contribution in [0.3, 0.4) is 0 Å². The molecule has 3 aromatic heterocycles. The number of carbonyl (C=O) groups excluding carboxylic acids is 1. The Morgan fingerprint density at radius 1 is 1.15 bits per heavy atom. The average Bonchev–Trinajstić information content (AvgIpc) is 3.19. The van der Waals surface area contributed by atoms with Gasteiger partial charge >= 0.3 is 6.09 Å². The maximum Gasteiger partial charge on any atom is 0.410 e. The molecule has 0 aliphatic carbocycles. The molecule has 224 valence electrons. The van der Waals surface area contributed by atoms with Gasteiger partial charge < -0.3 is 19.7 Å². The highest BCUT2D eigenvalue weighted by Gasteiger charge is 2.36. The molecular formula is C28H43IN8O3Si. The maximum absolute atomic E-state index is 12.8. The maximum atomic E-state index is 12.8. The standard InChI is InChI=1S/C28H43IN8O3Si/c1-19-15-35(16-20(2)37(19)27(38)40-28(3,4)5)22-11-9-10-21(33-22)14-30-25-23-24(29)34-36(26(23)32-17-31-25)18-39-12-13-41(6,7)8/h9-11,17,19-20H,12-16,18H2,1-8H3,(H,30,31,32)/t19-,20+. The van der Waals surface area contributed by atoms with Gasteiger partial charge in [0.15, 0.2) is 5.65 Å². The molecule has 11 nitrogen and oxygen atoms in total. The first-order chi connectivity index (χ1) is 19.2. The second-order valence-electron chi connectivity index (χ2n) is 12.9. The average molecular weight is 695 g/mol. The van der Waals surface area contributed by atoms with Crippen molar-refractivity contribution in [1.29, 1.82) is 0 Å². The van der Waals surface area contributed by atoms with Crippen LogP contribution in [0.4, 0.5) is 16.4 Å². The topological polar surface area (TPSA) is 111 Å². The summed E-state index contributed by atoms with van der Waals surface area (Å²) in [6.07, 6.45) is 1.29. The van der Waals surface area contributed by atoms with E-state index in [1.807, 2.05) is 43.9 Å². The number of fused-ring (bicyclic) bond motifs is 1. The summed E-state index contributed by atoms with van der Waals surface area (Å²) in [7, 11) is -1.16. The summed E-state index contributed by atoms with van der Waals surface area (Å²) < 4.78 is 14.2. The first kappa shape index (κ1) is 31.4. The monoisotopic (exact) mass is 694 g/mol. The van der Waals surface area contributed by atoms with Gasteiger partial charge in [0.2, 0.25) is 0 Å². The van der Waals surface area contributed by atoms with E-state index in [9.17, 15) is 4.79 Å². The van der Waals surface area contributed by atoms with Crippen LogP contribution >= 0.6 is 22.6 Å². The Morgan fingerprint density at radius 3 is 2.51 bits per heavy atom. The predicted octanol–water partition coefficient (Wildman–Crippen LogP) is 5.58. The van der Waals surface area contributed by atoms with E-state index in [4.69, 9.17) is 14.5 Å². The van der Waals surface area contributed by atoms with Crippen molar-refractivity contribution >= 4 is 59.4 Å². The number of nitrogens with one attached hydrogen (secondary N) is 1. The van der Waals surface area contributed by atoms with Crippen LogP contribution in [0, 0.1) is 3.70 Å². The quantitative estimate of drug-likeness (QED) is 0.174. The minimum atomic E-state index is -1.16. The number of hydrogen-bond donors (Lipinski definition) is 1. The number of amides is 1. The van der Waals surface area contributed by atoms with Crippen LogP contribution in [0.2, 0.25) is 25.7 Å². The molecule has 0 bridgehead atoms. The van der Waals surface area contributed by atoms with Crippen LogP contribution in [0.5, 0.6) is 0 Å². The Labute approximate surface area is 257 Å². The van der Waals surface area contributed by atoms with Crippen LogP contribution in [0.25, 0.3) is 11.0 Å². The first-order valence-corrected chi connectivity index (χ1v) is 18.9. The van der Waals surface area contributed by atoms with Gasteiger partial charge in [-0.15, -0.1) is 0 Å². The van der Waals surface area contributed by atoms with Gasteiger partial charge in [-0.25, -0.2) is 24.4 Å². The van der Waals surface area contributed by atoms with E-state index in [-0.39, 0.29) is 18.2 Å². The summed E-state index contributed by atoms with van der Waals surface area (Å²) in [5.41, 5.74) is 1.11. The molecular weight excluding hydrogens is 651 g/mol. The zero-order valence-electron chi connectivity index (χ0n) is 25.4. The number of anilines is 2. The lowest BCUT2D eigenvalue weighted by Crippen LogP contribution is -2.59. The number of aromatic nitrogens is 5. The molecule has 1 aliphatic rings. The third-order valence-corrected chi connectivity index (χ3v) is 9.23. The zero-order chi connectivity index (χ0) is 29.9. The van der Waals surface area contributed by atoms with E-state index in [0.29, 0.717) is 32.2 Å². The summed E-state index contributed by atoms with van der Waals surface area (Å²) >= 11 is 2.22. The van der Waals surface area contributed by atoms with Crippen LogP contribution in [-0.4, -0.2) is 81.2 Å². The van der Waals surface area contributed by atoms with E-state index in [0.717, 1.165) is 38.9 Å². The molecule has 1 N–H and O–H groups in total. The molecule has 13 heteroatoms. The van der Waals surface area contributed by atoms with Crippen LogP contribution in [-0.2, 0) is 22.7 Å². The minimum Gasteiger partial charge on any atom is -0.444 e. The Hall–Kier alpha value is -2.52. The number of rotatable bonds is 9. The number of piperazine rings is 1. The highest BCUT2D eigenvalue weighted by molar-refractivity contribution is 14.1. The lowest BCUT2D eigenvalue weighted by atomic mass is 10.1. The van der Waals surface area contributed by atoms with Gasteiger partial charge in [0.25, 0.3) is 0 Å². The third kappa shape index (κ3) is 8.28. The second-order valence-corrected chi connectivity index (χ2v) is 19.5. The number of carbonyl (C=O) groups is 1. The van der Waals surface area contributed by atoms with Crippen molar-refractivity contribution in [1.82, 2.24) is 29.6 Å². The summed E-state index contributed by atoms with van der Waals surface area (Å²) in [5, 5.41) is 8.97. The molecule has 1 aliphatic heterocycles. The third-order valence-electron chi connectivity index (χ3n) is 6.77. The lowest BCUT2D eigenvalue weighted by molar-refractivity contribution is 0.00560. The molecule has 2 atom stereocenters. The molecule has 0 saturated carbocycles. The fraction of sp³-hybridized carbons (Fsp3) is 0.607. The van der Waals surface area contributed by atoms with Gasteiger partial charge in [-0.1, -0.05) is 25.7 Å². The summed E-state index contributed by atoms with van der Waals surface area (Å²) in [6.45, 7) is 19.7. The fourth-order valence-electron chi connectivity index (χ4n) is 4.82. The van der Waals surface area contributed by atoms with E-state index < -0.39 is 13.7 Å². The molecule has 1 saturated heterocycles. The minimum absolute atomic E-state index is 0.00962. The molecule has 0 spiro atoms. The fourth-order valence-corrected chi connectivity index (χ4v) is 6.33. The Morgan fingerprint density at radius 2 is 1.85 bits per heavy atom. The second kappa shape index (κ2) is 12.8. The summed E-state index contributed by atoms with van der Waals surface area (Å²) in [5.74, 6) is 1.60. The molecule has 3 aromatic rings. The highest BCUT2D eigenvalue weighted by Crippen LogP contribution is 2.26. The number of hydrogen-bond acceptors (Lipinski definition) is 9. The first-order valence-electron chi connectivity index (χ1n) is 14.1. The predicted molar refractivity (Wildman–Crippen MR) is 173 cm³/mol. The lowest BCUT2D eigenvalue weighted by Gasteiger charge is -2.45. The van der Waals surface area contributed by atoms with E-state index in [1.54, 1.807) is 11.0 Å². The smallest absolute Gasteiger partial charge is 0.410 e.